The Kier molecular flexibility index (Phi) is 3.28. The number of furan rings is 1. The largest absolute Gasteiger partial charge is 0.464 e. The van der Waals surface area contributed by atoms with Crippen molar-refractivity contribution in [3.63, 3.8) is 0 Å². The lowest BCUT2D eigenvalue weighted by Crippen LogP contribution is -2.26. The van der Waals surface area contributed by atoms with E-state index in [4.69, 9.17) is 4.42 Å². The van der Waals surface area contributed by atoms with Gasteiger partial charge in [0, 0.05) is 17.0 Å². The Morgan fingerprint density at radius 2 is 2.15 bits per heavy atom. The number of fused-ring (bicyclic) bond motifs is 1. The van der Waals surface area contributed by atoms with Gasteiger partial charge in [-0.2, -0.15) is 0 Å². The van der Waals surface area contributed by atoms with E-state index in [1.807, 2.05) is 0 Å². The lowest BCUT2D eigenvalue weighted by Gasteiger charge is -2.10. The van der Waals surface area contributed by atoms with Crippen LogP contribution >= 0.6 is 0 Å². The van der Waals surface area contributed by atoms with Crippen LogP contribution in [-0.2, 0) is 11.2 Å². The third-order valence-corrected chi connectivity index (χ3v) is 3.96. The number of amides is 1. The van der Waals surface area contributed by atoms with E-state index in [9.17, 15) is 4.79 Å². The molecule has 0 radical (unpaired) electrons. The van der Waals surface area contributed by atoms with Gasteiger partial charge in [-0.3, -0.25) is 4.79 Å². The molecule has 1 aliphatic carbocycles. The fourth-order valence-corrected chi connectivity index (χ4v) is 2.68. The molecule has 3 heteroatoms. The molecule has 2 aromatic rings. The highest BCUT2D eigenvalue weighted by molar-refractivity contribution is 5.88. The molecule has 0 saturated heterocycles. The van der Waals surface area contributed by atoms with E-state index < -0.39 is 0 Å². The molecule has 1 heterocycles. The Balaban J connectivity index is 1.90. The molecule has 0 unspecified atom stereocenters. The van der Waals surface area contributed by atoms with Crippen LogP contribution in [0.15, 0.2) is 22.8 Å². The third-order valence-electron chi connectivity index (χ3n) is 3.96. The van der Waals surface area contributed by atoms with Crippen LogP contribution in [0.4, 0.5) is 0 Å². The molecule has 20 heavy (non-hydrogen) atoms. The molecule has 1 amide bonds. The molecular formula is C17H21NO2. The SMILES string of the molecule is Cc1cc2occ(CC(=O)NC3CC3)c2cc1C(C)C. The first kappa shape index (κ1) is 13.2. The summed E-state index contributed by atoms with van der Waals surface area (Å²) in [4.78, 5) is 11.9. The van der Waals surface area contributed by atoms with Crippen molar-refractivity contribution in [2.75, 3.05) is 0 Å². The van der Waals surface area contributed by atoms with Gasteiger partial charge in [0.2, 0.25) is 5.91 Å². The van der Waals surface area contributed by atoms with E-state index in [0.29, 0.717) is 18.4 Å². The predicted octanol–water partition coefficient (Wildman–Crippen LogP) is 3.69. The van der Waals surface area contributed by atoms with Gasteiger partial charge >= 0.3 is 0 Å². The summed E-state index contributed by atoms with van der Waals surface area (Å²) in [6, 6.07) is 4.67. The summed E-state index contributed by atoms with van der Waals surface area (Å²) in [6.45, 7) is 6.48. The predicted molar refractivity (Wildman–Crippen MR) is 79.9 cm³/mol. The monoisotopic (exact) mass is 271 g/mol. The molecular weight excluding hydrogens is 250 g/mol. The number of rotatable bonds is 4. The van der Waals surface area contributed by atoms with Crippen molar-refractivity contribution in [2.45, 2.75) is 52.0 Å². The van der Waals surface area contributed by atoms with Crippen LogP contribution in [0.1, 0.15) is 49.3 Å². The van der Waals surface area contributed by atoms with E-state index in [-0.39, 0.29) is 5.91 Å². The van der Waals surface area contributed by atoms with Crippen LogP contribution in [0.5, 0.6) is 0 Å². The van der Waals surface area contributed by atoms with Crippen molar-refractivity contribution in [1.82, 2.24) is 5.32 Å². The van der Waals surface area contributed by atoms with Gasteiger partial charge < -0.3 is 9.73 Å². The minimum Gasteiger partial charge on any atom is -0.464 e. The average molecular weight is 271 g/mol. The van der Waals surface area contributed by atoms with E-state index in [1.54, 1.807) is 6.26 Å². The highest BCUT2D eigenvalue weighted by Gasteiger charge is 2.23. The van der Waals surface area contributed by atoms with Crippen LogP contribution in [0.2, 0.25) is 0 Å². The van der Waals surface area contributed by atoms with Crippen LogP contribution in [0.3, 0.4) is 0 Å². The van der Waals surface area contributed by atoms with Gasteiger partial charge in [0.25, 0.3) is 0 Å². The number of aryl methyl sites for hydroxylation is 1. The molecule has 0 atom stereocenters. The normalized spacial score (nSPS) is 15.0. The summed E-state index contributed by atoms with van der Waals surface area (Å²) in [5.41, 5.74) is 4.43. The van der Waals surface area contributed by atoms with E-state index in [1.165, 1.54) is 11.1 Å². The van der Waals surface area contributed by atoms with Gasteiger partial charge in [-0.25, -0.2) is 0 Å². The summed E-state index contributed by atoms with van der Waals surface area (Å²) in [5.74, 6) is 0.573. The molecule has 106 valence electrons. The number of nitrogens with one attached hydrogen (secondary N) is 1. The number of hydrogen-bond donors (Lipinski definition) is 1. The molecule has 0 bridgehead atoms. The second-order valence-corrected chi connectivity index (χ2v) is 6.14. The summed E-state index contributed by atoms with van der Waals surface area (Å²) in [6.07, 6.45) is 4.37. The van der Waals surface area contributed by atoms with Gasteiger partial charge in [-0.15, -0.1) is 0 Å². The molecule has 1 fully saturated rings. The van der Waals surface area contributed by atoms with Crippen molar-refractivity contribution >= 4 is 16.9 Å². The number of carbonyl (C=O) groups is 1. The van der Waals surface area contributed by atoms with Crippen molar-refractivity contribution in [3.05, 3.63) is 35.1 Å². The van der Waals surface area contributed by atoms with Crippen LogP contribution in [-0.4, -0.2) is 11.9 Å². The smallest absolute Gasteiger partial charge is 0.224 e. The third kappa shape index (κ3) is 2.58. The highest BCUT2D eigenvalue weighted by atomic mass is 16.3. The minimum atomic E-state index is 0.0990. The first-order chi connectivity index (χ1) is 9.54. The zero-order valence-corrected chi connectivity index (χ0v) is 12.3. The molecule has 3 nitrogen and oxygen atoms in total. The summed E-state index contributed by atoms with van der Waals surface area (Å²) >= 11 is 0. The first-order valence-corrected chi connectivity index (χ1v) is 7.34. The van der Waals surface area contributed by atoms with Crippen LogP contribution < -0.4 is 5.32 Å². The Labute approximate surface area is 119 Å². The summed E-state index contributed by atoms with van der Waals surface area (Å²) < 4.78 is 5.61. The Hall–Kier alpha value is -1.77. The molecule has 1 aromatic heterocycles. The number of benzene rings is 1. The lowest BCUT2D eigenvalue weighted by atomic mass is 9.95. The summed E-state index contributed by atoms with van der Waals surface area (Å²) in [7, 11) is 0. The standard InChI is InChI=1S/C17H21NO2/c1-10(2)14-8-15-12(7-17(19)18-13-4-5-13)9-20-16(15)6-11(14)3/h6,8-10,13H,4-5,7H2,1-3H3,(H,18,19). The minimum absolute atomic E-state index is 0.0990. The van der Waals surface area contributed by atoms with Crippen molar-refractivity contribution in [2.24, 2.45) is 0 Å². The fraction of sp³-hybridized carbons (Fsp3) is 0.471. The van der Waals surface area contributed by atoms with Gasteiger partial charge in [-0.05, 0) is 48.9 Å². The molecule has 1 aromatic carbocycles. The quantitative estimate of drug-likeness (QED) is 0.921. The van der Waals surface area contributed by atoms with Gasteiger partial charge in [0.1, 0.15) is 5.58 Å². The lowest BCUT2D eigenvalue weighted by molar-refractivity contribution is -0.120. The topological polar surface area (TPSA) is 42.2 Å². The van der Waals surface area contributed by atoms with Crippen molar-refractivity contribution in [3.8, 4) is 0 Å². The van der Waals surface area contributed by atoms with Gasteiger partial charge in [0.05, 0.1) is 12.7 Å². The molecule has 0 aliphatic heterocycles. The van der Waals surface area contributed by atoms with Crippen molar-refractivity contribution in [1.29, 1.82) is 0 Å². The maximum Gasteiger partial charge on any atom is 0.224 e. The maximum absolute atomic E-state index is 11.9. The van der Waals surface area contributed by atoms with Crippen molar-refractivity contribution < 1.29 is 9.21 Å². The molecule has 1 saturated carbocycles. The van der Waals surface area contributed by atoms with E-state index >= 15 is 0 Å². The number of carbonyl (C=O) groups excluding carboxylic acids is 1. The van der Waals surface area contributed by atoms with E-state index in [0.717, 1.165) is 29.4 Å². The van der Waals surface area contributed by atoms with Crippen LogP contribution in [0.25, 0.3) is 11.0 Å². The zero-order valence-electron chi connectivity index (χ0n) is 12.3. The van der Waals surface area contributed by atoms with Gasteiger partial charge in [0.15, 0.2) is 0 Å². The van der Waals surface area contributed by atoms with Crippen LogP contribution in [0, 0.1) is 6.92 Å². The zero-order chi connectivity index (χ0) is 14.3. The fourth-order valence-electron chi connectivity index (χ4n) is 2.68. The van der Waals surface area contributed by atoms with Gasteiger partial charge in [-0.1, -0.05) is 13.8 Å². The summed E-state index contributed by atoms with van der Waals surface area (Å²) in [5, 5.41) is 4.10. The highest BCUT2D eigenvalue weighted by Crippen LogP contribution is 2.29. The molecule has 3 rings (SSSR count). The Bertz CT molecular complexity index is 650. The Morgan fingerprint density at radius 1 is 1.40 bits per heavy atom. The van der Waals surface area contributed by atoms with E-state index in [2.05, 4.69) is 38.2 Å². The maximum atomic E-state index is 11.9. The molecule has 1 aliphatic rings. The molecule has 0 spiro atoms. The second kappa shape index (κ2) is 4.97. The average Bonchev–Trinajstić information content (AvgIpc) is 3.10. The first-order valence-electron chi connectivity index (χ1n) is 7.34. The Morgan fingerprint density at radius 3 is 2.80 bits per heavy atom. The second-order valence-electron chi connectivity index (χ2n) is 6.14. The number of hydrogen-bond acceptors (Lipinski definition) is 2. The molecule has 1 N–H and O–H groups in total.